The van der Waals surface area contributed by atoms with Crippen LogP contribution in [-0.2, 0) is 0 Å². The predicted molar refractivity (Wildman–Crippen MR) is 524 cm³/mol. The third-order valence-electron chi connectivity index (χ3n) is 26.5. The van der Waals surface area contributed by atoms with Crippen molar-refractivity contribution in [3.63, 3.8) is 0 Å². The van der Waals surface area contributed by atoms with Gasteiger partial charge in [-0.15, -0.1) is 0 Å². The highest BCUT2D eigenvalue weighted by Crippen LogP contribution is 2.55. The van der Waals surface area contributed by atoms with Crippen molar-refractivity contribution in [2.45, 2.75) is 0 Å². The lowest BCUT2D eigenvalue weighted by atomic mass is 9.86. The van der Waals surface area contributed by atoms with Gasteiger partial charge in [0.2, 0.25) is 0 Å². The van der Waals surface area contributed by atoms with Crippen LogP contribution < -0.4 is 0 Å². The highest BCUT2D eigenvalue weighted by molar-refractivity contribution is 6.45. The summed E-state index contributed by atoms with van der Waals surface area (Å²) in [7, 11) is 0. The molecule has 0 bridgehead atoms. The fourth-order valence-electron chi connectivity index (χ4n) is 21.3. The first-order valence-corrected chi connectivity index (χ1v) is 42.8. The topological polar surface area (TPSA) is 79.2 Å². The lowest BCUT2D eigenvalue weighted by molar-refractivity contribution is 1.07. The SMILES string of the molecule is c1ccc(-c2nc(-c3ccccc3)nc(-c3cccc(-n4c5ccc(-c6ccccc6)c6c7cccc8ccc9ccc4c(c9c87)c65)c3)n2)cc1.c1ccc(-c2nc3ccccc3nc2-n2c3ccc(-c4ccccc4)c4c5cccc6ccc7ccc2c(c7c65)c43)cc1.c1ccc(-n2c3ccc4ccc5cccc6c7cc8ccccc8c2c7c3c4c56)cc1. The zero-order valence-electron chi connectivity index (χ0n) is 67.3. The molecule has 0 unspecified atom stereocenters. The summed E-state index contributed by atoms with van der Waals surface area (Å²) in [4.78, 5) is 25.6. The molecule has 0 radical (unpaired) electrons. The summed E-state index contributed by atoms with van der Waals surface area (Å²) in [5.74, 6) is 2.79. The van der Waals surface area contributed by atoms with Crippen molar-refractivity contribution in [3.8, 4) is 84.9 Å². The monoisotopic (exact) mass is 1580 g/mol. The van der Waals surface area contributed by atoms with Gasteiger partial charge in [-0.1, -0.05) is 340 Å². The molecule has 5 aromatic heterocycles. The Morgan fingerprint density at radius 2 is 0.512 bits per heavy atom. The Bertz CT molecular complexity index is 9270. The van der Waals surface area contributed by atoms with Crippen LogP contribution in [0.4, 0.5) is 0 Å². The summed E-state index contributed by atoms with van der Waals surface area (Å²) >= 11 is 0. The highest BCUT2D eigenvalue weighted by Gasteiger charge is 2.30. The molecule has 0 spiro atoms. The Kier molecular flexibility index (Phi) is 14.8. The number of benzene rings is 24. The Balaban J connectivity index is 0.000000100. The summed E-state index contributed by atoms with van der Waals surface area (Å²) in [6.07, 6.45) is 0. The van der Waals surface area contributed by atoms with Gasteiger partial charge < -0.3 is 9.13 Å². The molecular weight excluding hydrogens is 1520 g/mol. The molecule has 0 fully saturated rings. The Morgan fingerprint density at radius 3 is 1.03 bits per heavy atom. The van der Waals surface area contributed by atoms with Crippen LogP contribution in [0.5, 0.6) is 0 Å². The summed E-state index contributed by atoms with van der Waals surface area (Å²) in [6, 6.07) is 148. The van der Waals surface area contributed by atoms with Crippen molar-refractivity contribution in [2.75, 3.05) is 0 Å². The first kappa shape index (κ1) is 69.0. The molecule has 576 valence electrons. The van der Waals surface area contributed by atoms with Gasteiger partial charge in [0.15, 0.2) is 23.3 Å². The van der Waals surface area contributed by atoms with E-state index in [1.54, 1.807) is 0 Å². The summed E-state index contributed by atoms with van der Waals surface area (Å²) < 4.78 is 7.25. The van der Waals surface area contributed by atoms with E-state index in [0.29, 0.717) is 17.5 Å². The Hall–Kier alpha value is -16.8. The first-order chi connectivity index (χ1) is 62.0. The molecule has 0 aliphatic carbocycles. The molecule has 0 aliphatic heterocycles. The molecule has 125 heavy (non-hydrogen) atoms. The van der Waals surface area contributed by atoms with Gasteiger partial charge in [-0.05, 0) is 170 Å². The number of aromatic nitrogens is 8. The first-order valence-electron chi connectivity index (χ1n) is 42.8. The van der Waals surface area contributed by atoms with Crippen LogP contribution in [-0.4, -0.2) is 38.6 Å². The normalized spacial score (nSPS) is 12.2. The summed E-state index contributed by atoms with van der Waals surface area (Å²) in [5, 5.41) is 34.2. The van der Waals surface area contributed by atoms with Crippen molar-refractivity contribution in [1.29, 1.82) is 0 Å². The lowest BCUT2D eigenvalue weighted by Gasteiger charge is -2.16. The van der Waals surface area contributed by atoms with E-state index >= 15 is 0 Å². The van der Waals surface area contributed by atoms with Gasteiger partial charge in [0.1, 0.15) is 5.69 Å². The minimum Gasteiger partial charge on any atom is -0.309 e. The number of para-hydroxylation sites is 3. The molecule has 0 N–H and O–H groups in total. The number of fused-ring (bicyclic) bond motifs is 6. The molecule has 0 atom stereocenters. The molecule has 8 nitrogen and oxygen atoms in total. The van der Waals surface area contributed by atoms with Gasteiger partial charge in [0.05, 0.1) is 44.1 Å². The maximum Gasteiger partial charge on any atom is 0.165 e. The molecule has 0 saturated heterocycles. The van der Waals surface area contributed by atoms with Crippen LogP contribution in [0, 0.1) is 0 Å². The average molecular weight is 1590 g/mol. The van der Waals surface area contributed by atoms with Gasteiger partial charge in [0.25, 0.3) is 0 Å². The van der Waals surface area contributed by atoms with Crippen molar-refractivity contribution < 1.29 is 0 Å². The quantitative estimate of drug-likeness (QED) is 0.106. The molecule has 5 heterocycles. The van der Waals surface area contributed by atoms with E-state index in [-0.39, 0.29) is 0 Å². The fraction of sp³-hybridized carbons (Fsp3) is 0. The van der Waals surface area contributed by atoms with Crippen LogP contribution in [0.15, 0.2) is 413 Å². The maximum absolute atomic E-state index is 5.34. The van der Waals surface area contributed by atoms with Crippen molar-refractivity contribution >= 4 is 184 Å². The van der Waals surface area contributed by atoms with Crippen LogP contribution in [0.1, 0.15) is 0 Å². The zero-order chi connectivity index (χ0) is 81.6. The standard InChI is InChI=1S/C47H28N4.C40H23N3.C30H17N/c1-4-12-29(13-5-1)36-25-27-39-44-42(36)37-21-11-18-30-22-23-31-24-26-38(43(44)41(31)40(30)37)51(39)35-20-10-19-34(28-35)47-49-45(32-14-6-2-7-15-32)48-46(50-47)33-16-8-3-9-17-33;1-3-10-24(11-4-1)28-21-23-33-38-36(28)29-15-9-14-25-18-19-26-20-22-32(37(38)35(26)34(25)29)43(33)40-39(27-12-5-2-6-13-27)41-30-16-7-8-17-31(30)42-40;1-2-9-21(10-3-1)31-25-16-15-19-14-13-18-8-6-12-23-24-17-20-7-4-5-11-22(20)30(31)28(24)29(25)27(19)26(18)23/h1-28H;1-23H;1-17H. The van der Waals surface area contributed by atoms with E-state index in [1.807, 2.05) is 84.9 Å². The molecule has 8 heteroatoms. The van der Waals surface area contributed by atoms with E-state index in [9.17, 15) is 0 Å². The third-order valence-corrected chi connectivity index (χ3v) is 26.5. The molecule has 29 aromatic rings. The predicted octanol–water partition coefficient (Wildman–Crippen LogP) is 30.6. The van der Waals surface area contributed by atoms with Gasteiger partial charge in [-0.25, -0.2) is 24.9 Å². The van der Waals surface area contributed by atoms with E-state index < -0.39 is 0 Å². The summed E-state index contributed by atoms with van der Waals surface area (Å²) in [5.41, 5.74) is 21.0. The second-order valence-electron chi connectivity index (χ2n) is 33.1. The molecular formula is C117H68N8. The van der Waals surface area contributed by atoms with Gasteiger partial charge in [0, 0.05) is 98.3 Å². The van der Waals surface area contributed by atoms with Crippen LogP contribution in [0.2, 0.25) is 0 Å². The third kappa shape index (κ3) is 10.2. The number of hydrogen-bond acceptors (Lipinski definition) is 5. The van der Waals surface area contributed by atoms with Crippen molar-refractivity contribution in [1.82, 2.24) is 38.6 Å². The second kappa shape index (κ2) is 26.8. The number of rotatable bonds is 9. The maximum atomic E-state index is 5.34. The van der Waals surface area contributed by atoms with E-state index in [4.69, 9.17) is 24.9 Å². The highest BCUT2D eigenvalue weighted by atomic mass is 15.1. The van der Waals surface area contributed by atoms with Crippen LogP contribution >= 0.6 is 0 Å². The van der Waals surface area contributed by atoms with Crippen molar-refractivity contribution in [2.24, 2.45) is 0 Å². The molecule has 24 aromatic carbocycles. The van der Waals surface area contributed by atoms with E-state index in [0.717, 1.165) is 61.5 Å². The smallest absolute Gasteiger partial charge is 0.165 e. The number of hydrogen-bond donors (Lipinski definition) is 0. The summed E-state index contributed by atoms with van der Waals surface area (Å²) in [6.45, 7) is 0. The second-order valence-corrected chi connectivity index (χ2v) is 33.1. The van der Waals surface area contributed by atoms with Gasteiger partial charge in [-0.3, -0.25) is 4.57 Å². The molecule has 0 saturated carbocycles. The van der Waals surface area contributed by atoms with Gasteiger partial charge in [-0.2, -0.15) is 0 Å². The molecule has 29 rings (SSSR count). The van der Waals surface area contributed by atoms with Crippen LogP contribution in [0.25, 0.3) is 269 Å². The van der Waals surface area contributed by atoms with E-state index in [2.05, 4.69) is 341 Å². The van der Waals surface area contributed by atoms with Crippen LogP contribution in [0.3, 0.4) is 0 Å². The Labute approximate surface area is 715 Å². The minimum absolute atomic E-state index is 0.640. The van der Waals surface area contributed by atoms with E-state index in [1.165, 1.54) is 190 Å². The molecule has 0 aliphatic rings. The lowest BCUT2D eigenvalue weighted by Crippen LogP contribution is -2.03. The fourth-order valence-corrected chi connectivity index (χ4v) is 21.3. The van der Waals surface area contributed by atoms with Gasteiger partial charge >= 0.3 is 0 Å². The molecule has 0 amide bonds. The average Bonchev–Trinajstić information content (AvgIpc) is 1.55. The Morgan fingerprint density at radius 1 is 0.168 bits per heavy atom. The number of nitrogens with zero attached hydrogens (tertiary/aromatic N) is 8. The minimum atomic E-state index is 0.640. The zero-order valence-corrected chi connectivity index (χ0v) is 67.3. The largest absolute Gasteiger partial charge is 0.309 e. The van der Waals surface area contributed by atoms with Crippen molar-refractivity contribution in [3.05, 3.63) is 413 Å².